The maximum atomic E-state index is 14.5. The van der Waals surface area contributed by atoms with Gasteiger partial charge in [0, 0.05) is 11.5 Å². The number of hydrogen-bond acceptors (Lipinski definition) is 5. The zero-order chi connectivity index (χ0) is 32.2. The van der Waals surface area contributed by atoms with Crippen LogP contribution in [-0.2, 0) is 23.8 Å². The Labute approximate surface area is 271 Å². The molecular formula is C40H54O5. The van der Waals surface area contributed by atoms with Crippen LogP contribution in [0.5, 0.6) is 0 Å². The minimum atomic E-state index is -1.12. The van der Waals surface area contributed by atoms with Crippen LogP contribution < -0.4 is 0 Å². The van der Waals surface area contributed by atoms with Gasteiger partial charge in [-0.15, -0.1) is 0 Å². The van der Waals surface area contributed by atoms with Gasteiger partial charge in [-0.1, -0.05) is 115 Å². The number of ether oxygens (including phenoxy) is 3. The first-order valence-electron chi connectivity index (χ1n) is 17.4. The number of rotatable bonds is 8. The molecule has 5 heteroatoms. The van der Waals surface area contributed by atoms with Crippen LogP contribution in [0.25, 0.3) is 5.76 Å². The van der Waals surface area contributed by atoms with Crippen LogP contribution in [0, 0.1) is 48.3 Å². The largest absolute Gasteiger partial charge is 0.477 e. The average Bonchev–Trinajstić information content (AvgIpc) is 3.01. The van der Waals surface area contributed by atoms with Gasteiger partial charge in [0.15, 0.2) is 0 Å². The first-order valence-corrected chi connectivity index (χ1v) is 17.4. The second kappa shape index (κ2) is 14.6. The number of carbonyl (C=O) groups excluding carboxylic acids is 2. The molecule has 3 aliphatic rings. The zero-order valence-corrected chi connectivity index (χ0v) is 28.4. The molecule has 9 atom stereocenters. The van der Waals surface area contributed by atoms with Crippen molar-refractivity contribution in [1.82, 2.24) is 0 Å². The van der Waals surface area contributed by atoms with Crippen LogP contribution in [0.15, 0.2) is 60.7 Å². The minimum Gasteiger partial charge on any atom is -0.477 e. The molecule has 0 bridgehead atoms. The van der Waals surface area contributed by atoms with E-state index >= 15 is 0 Å². The highest BCUT2D eigenvalue weighted by molar-refractivity contribution is 5.87. The molecule has 2 saturated carbocycles. The summed E-state index contributed by atoms with van der Waals surface area (Å²) in [7, 11) is 0. The highest BCUT2D eigenvalue weighted by atomic mass is 16.6. The van der Waals surface area contributed by atoms with Gasteiger partial charge in [0.05, 0.1) is 0 Å². The van der Waals surface area contributed by atoms with Gasteiger partial charge < -0.3 is 14.2 Å². The fraction of sp³-hybridized carbons (Fsp3) is 0.600. The molecule has 1 heterocycles. The topological polar surface area (TPSA) is 61.8 Å². The third kappa shape index (κ3) is 7.84. The van der Waals surface area contributed by atoms with Crippen LogP contribution in [-0.4, -0.2) is 30.3 Å². The molecule has 0 amide bonds. The van der Waals surface area contributed by atoms with Crippen LogP contribution in [0.2, 0.25) is 0 Å². The summed E-state index contributed by atoms with van der Waals surface area (Å²) in [5, 5.41) is 0. The van der Waals surface area contributed by atoms with E-state index in [4.69, 9.17) is 14.2 Å². The molecule has 0 N–H and O–H groups in total. The SMILES string of the molecule is Cc1ccc([C@@H]2C=C(c3ccccc3)O[C@H](C(=O)O[C@@H]3C[C@H](C)CC[C@H]3C(C)C)[C@@H]2C(=O)O[C@@H]2C[C@H](C)CC[C@H]2C(C)C)cc1. The lowest BCUT2D eigenvalue weighted by atomic mass is 9.75. The van der Waals surface area contributed by atoms with Crippen LogP contribution in [0.1, 0.15) is 103 Å². The molecule has 2 aromatic rings. The van der Waals surface area contributed by atoms with Gasteiger partial charge in [-0.05, 0) is 79.8 Å². The lowest BCUT2D eigenvalue weighted by molar-refractivity contribution is -0.180. The smallest absolute Gasteiger partial charge is 0.348 e. The van der Waals surface area contributed by atoms with E-state index in [1.807, 2.05) is 36.4 Å². The molecule has 2 aromatic carbocycles. The van der Waals surface area contributed by atoms with Gasteiger partial charge in [0.2, 0.25) is 6.10 Å². The Kier molecular flexibility index (Phi) is 10.8. The summed E-state index contributed by atoms with van der Waals surface area (Å²) in [5.41, 5.74) is 2.96. The van der Waals surface area contributed by atoms with Crippen molar-refractivity contribution in [3.63, 3.8) is 0 Å². The number of hydrogen-bond donors (Lipinski definition) is 0. The fourth-order valence-electron chi connectivity index (χ4n) is 7.97. The highest BCUT2D eigenvalue weighted by Crippen LogP contribution is 2.43. The summed E-state index contributed by atoms with van der Waals surface area (Å²) >= 11 is 0. The summed E-state index contributed by atoms with van der Waals surface area (Å²) in [5.74, 6) is 0.826. The Morgan fingerprint density at radius 2 is 1.27 bits per heavy atom. The lowest BCUT2D eigenvalue weighted by Gasteiger charge is -2.41. The standard InChI is InChI=1S/C40H54O5/c1-24(2)31-19-15-27(6)21-35(31)44-39(41)37-33(29-17-13-26(5)14-18-29)23-34(30-11-9-8-10-12-30)43-38(37)40(42)45-36-22-28(7)16-20-32(36)25(3)4/h8-14,17-18,23-25,27-28,31-33,35-38H,15-16,19-22H2,1-7H3/t27-,28-,31+,32+,33+,35-,36-,37-,38+/m1/s1. The third-order valence-electron chi connectivity index (χ3n) is 10.8. The summed E-state index contributed by atoms with van der Waals surface area (Å²) in [6, 6.07) is 18.1. The molecule has 0 spiro atoms. The summed E-state index contributed by atoms with van der Waals surface area (Å²) in [4.78, 5) is 28.9. The number of benzene rings is 2. The number of esters is 2. The minimum absolute atomic E-state index is 0.180. The van der Waals surface area contributed by atoms with Gasteiger partial charge in [0.25, 0.3) is 0 Å². The quantitative estimate of drug-likeness (QED) is 0.278. The van der Waals surface area contributed by atoms with E-state index in [-0.39, 0.29) is 24.1 Å². The normalized spacial score (nSPS) is 32.0. The van der Waals surface area contributed by atoms with Crippen molar-refractivity contribution in [3.8, 4) is 0 Å². The summed E-state index contributed by atoms with van der Waals surface area (Å²) < 4.78 is 19.5. The molecule has 0 radical (unpaired) electrons. The van der Waals surface area contributed by atoms with E-state index in [2.05, 4.69) is 72.7 Å². The molecule has 5 nitrogen and oxygen atoms in total. The van der Waals surface area contributed by atoms with Gasteiger partial charge in [-0.2, -0.15) is 0 Å². The van der Waals surface area contributed by atoms with E-state index < -0.39 is 23.9 Å². The average molecular weight is 615 g/mol. The van der Waals surface area contributed by atoms with Gasteiger partial charge in [-0.3, -0.25) is 4.79 Å². The van der Waals surface area contributed by atoms with Crippen molar-refractivity contribution >= 4 is 17.7 Å². The predicted molar refractivity (Wildman–Crippen MR) is 179 cm³/mol. The number of carbonyl (C=O) groups is 2. The first kappa shape index (κ1) is 33.3. The molecule has 2 aliphatic carbocycles. The Morgan fingerprint density at radius 3 is 1.80 bits per heavy atom. The zero-order valence-electron chi connectivity index (χ0n) is 28.4. The molecule has 45 heavy (non-hydrogen) atoms. The first-order chi connectivity index (χ1) is 21.5. The second-order valence-corrected chi connectivity index (χ2v) is 15.0. The van der Waals surface area contributed by atoms with Gasteiger partial charge in [-0.25, -0.2) is 4.79 Å². The Morgan fingerprint density at radius 1 is 0.733 bits per heavy atom. The fourth-order valence-corrected chi connectivity index (χ4v) is 7.97. The molecule has 2 fully saturated rings. The highest BCUT2D eigenvalue weighted by Gasteiger charge is 2.49. The molecule has 0 unspecified atom stereocenters. The number of aryl methyl sites for hydroxylation is 1. The molecule has 1 aliphatic heterocycles. The van der Waals surface area contributed by atoms with E-state index in [0.717, 1.165) is 55.2 Å². The Bertz CT molecular complexity index is 1310. The van der Waals surface area contributed by atoms with Crippen LogP contribution in [0.3, 0.4) is 0 Å². The maximum Gasteiger partial charge on any atom is 0.348 e. The third-order valence-corrected chi connectivity index (χ3v) is 10.8. The second-order valence-electron chi connectivity index (χ2n) is 15.0. The van der Waals surface area contributed by atoms with Crippen LogP contribution >= 0.6 is 0 Å². The lowest BCUT2D eigenvalue weighted by Crippen LogP contribution is -2.48. The molecular weight excluding hydrogens is 560 g/mol. The van der Waals surface area contributed by atoms with Crippen molar-refractivity contribution in [1.29, 1.82) is 0 Å². The molecule has 244 valence electrons. The number of allylic oxidation sites excluding steroid dienone is 1. The van der Waals surface area contributed by atoms with Crippen molar-refractivity contribution < 1.29 is 23.8 Å². The van der Waals surface area contributed by atoms with E-state index in [0.29, 0.717) is 35.3 Å². The molecule has 5 rings (SSSR count). The van der Waals surface area contributed by atoms with Gasteiger partial charge >= 0.3 is 11.9 Å². The Hall–Kier alpha value is -3.08. The van der Waals surface area contributed by atoms with Crippen molar-refractivity contribution in [2.24, 2.45) is 41.4 Å². The maximum absolute atomic E-state index is 14.5. The van der Waals surface area contributed by atoms with Crippen LogP contribution in [0.4, 0.5) is 0 Å². The van der Waals surface area contributed by atoms with E-state index in [9.17, 15) is 9.59 Å². The summed E-state index contributed by atoms with van der Waals surface area (Å²) in [6.45, 7) is 15.4. The van der Waals surface area contributed by atoms with Crippen molar-refractivity contribution in [2.75, 3.05) is 0 Å². The van der Waals surface area contributed by atoms with Gasteiger partial charge in [0.1, 0.15) is 23.9 Å². The Balaban J connectivity index is 1.54. The molecule has 0 aromatic heterocycles. The van der Waals surface area contributed by atoms with E-state index in [1.165, 1.54) is 0 Å². The predicted octanol–water partition coefficient (Wildman–Crippen LogP) is 9.14. The summed E-state index contributed by atoms with van der Waals surface area (Å²) in [6.07, 6.45) is 6.54. The van der Waals surface area contributed by atoms with E-state index in [1.54, 1.807) is 0 Å². The monoisotopic (exact) mass is 614 g/mol. The van der Waals surface area contributed by atoms with Crippen molar-refractivity contribution in [3.05, 3.63) is 77.4 Å². The van der Waals surface area contributed by atoms with Crippen molar-refractivity contribution in [2.45, 2.75) is 111 Å². The molecule has 0 saturated heterocycles.